The zero-order chi connectivity index (χ0) is 11.0. The first-order chi connectivity index (χ1) is 7.08. The SMILES string of the molecule is Cc1cc(N2CC(Br)CC2=O)ccc1I. The summed E-state index contributed by atoms with van der Waals surface area (Å²) in [4.78, 5) is 13.8. The van der Waals surface area contributed by atoms with Crippen molar-refractivity contribution >= 4 is 50.1 Å². The normalized spacial score (nSPS) is 21.1. The summed E-state index contributed by atoms with van der Waals surface area (Å²) in [5.74, 6) is 0.206. The average Bonchev–Trinajstić information content (AvgIpc) is 2.50. The van der Waals surface area contributed by atoms with E-state index in [4.69, 9.17) is 0 Å². The fourth-order valence-corrected chi connectivity index (χ4v) is 2.61. The van der Waals surface area contributed by atoms with E-state index >= 15 is 0 Å². The molecule has 0 bridgehead atoms. The molecule has 1 atom stereocenters. The molecule has 1 unspecified atom stereocenters. The lowest BCUT2D eigenvalue weighted by molar-refractivity contribution is -0.117. The fourth-order valence-electron chi connectivity index (χ4n) is 1.71. The standard InChI is InChI=1S/C11H11BrINO/c1-7-4-9(2-3-10(7)13)14-6-8(12)5-11(14)15/h2-4,8H,5-6H2,1H3. The first-order valence-corrected chi connectivity index (χ1v) is 6.78. The third-order valence-electron chi connectivity index (χ3n) is 2.53. The van der Waals surface area contributed by atoms with Crippen LogP contribution in [-0.4, -0.2) is 17.3 Å². The number of carbonyl (C=O) groups is 1. The molecule has 2 nitrogen and oxygen atoms in total. The Balaban J connectivity index is 2.30. The highest BCUT2D eigenvalue weighted by molar-refractivity contribution is 14.1. The first-order valence-electron chi connectivity index (χ1n) is 4.78. The molecule has 1 amide bonds. The van der Waals surface area contributed by atoms with Crippen LogP contribution in [0.25, 0.3) is 0 Å². The lowest BCUT2D eigenvalue weighted by Gasteiger charge is -2.16. The smallest absolute Gasteiger partial charge is 0.228 e. The number of rotatable bonds is 1. The molecule has 0 spiro atoms. The number of alkyl halides is 1. The Morgan fingerprint density at radius 2 is 2.27 bits per heavy atom. The molecule has 1 aromatic rings. The van der Waals surface area contributed by atoms with Gasteiger partial charge in [0.1, 0.15) is 0 Å². The first kappa shape index (κ1) is 11.4. The number of nitrogens with zero attached hydrogens (tertiary/aromatic N) is 1. The quantitative estimate of drug-likeness (QED) is 0.542. The second-order valence-electron chi connectivity index (χ2n) is 3.74. The molecule has 1 fully saturated rings. The Kier molecular flexibility index (Phi) is 3.35. The van der Waals surface area contributed by atoms with Crippen LogP contribution in [0.3, 0.4) is 0 Å². The van der Waals surface area contributed by atoms with Crippen molar-refractivity contribution < 1.29 is 4.79 Å². The number of benzene rings is 1. The summed E-state index contributed by atoms with van der Waals surface area (Å²) >= 11 is 5.79. The molecule has 1 aliphatic heterocycles. The largest absolute Gasteiger partial charge is 0.311 e. The van der Waals surface area contributed by atoms with Crippen LogP contribution in [0.15, 0.2) is 18.2 Å². The third-order valence-corrected chi connectivity index (χ3v) is 4.35. The lowest BCUT2D eigenvalue weighted by Crippen LogP contribution is -2.24. The average molecular weight is 380 g/mol. The van der Waals surface area contributed by atoms with Crippen LogP contribution in [0.4, 0.5) is 5.69 Å². The van der Waals surface area contributed by atoms with Gasteiger partial charge in [-0.05, 0) is 53.3 Å². The fraction of sp³-hybridized carbons (Fsp3) is 0.364. The van der Waals surface area contributed by atoms with Crippen LogP contribution in [-0.2, 0) is 4.79 Å². The number of anilines is 1. The Hall–Kier alpha value is -0.100. The molecule has 0 N–H and O–H groups in total. The molecular formula is C11H11BrINO. The van der Waals surface area contributed by atoms with Crippen LogP contribution in [0.5, 0.6) is 0 Å². The van der Waals surface area contributed by atoms with Gasteiger partial charge in [0.2, 0.25) is 5.91 Å². The predicted molar refractivity (Wildman–Crippen MR) is 73.6 cm³/mol. The maximum Gasteiger partial charge on any atom is 0.228 e. The molecule has 80 valence electrons. The van der Waals surface area contributed by atoms with Gasteiger partial charge in [0, 0.05) is 27.1 Å². The van der Waals surface area contributed by atoms with Crippen molar-refractivity contribution in [3.8, 4) is 0 Å². The molecule has 0 aliphatic carbocycles. The van der Waals surface area contributed by atoms with E-state index < -0.39 is 0 Å². The Morgan fingerprint density at radius 1 is 1.53 bits per heavy atom. The number of amides is 1. The summed E-state index contributed by atoms with van der Waals surface area (Å²) in [6.45, 7) is 2.84. The van der Waals surface area contributed by atoms with Gasteiger partial charge in [-0.3, -0.25) is 4.79 Å². The zero-order valence-corrected chi connectivity index (χ0v) is 12.1. The third kappa shape index (κ3) is 2.36. The van der Waals surface area contributed by atoms with Gasteiger partial charge in [-0.25, -0.2) is 0 Å². The maximum absolute atomic E-state index is 11.7. The van der Waals surface area contributed by atoms with Crippen LogP contribution in [0.1, 0.15) is 12.0 Å². The van der Waals surface area contributed by atoms with E-state index in [0.29, 0.717) is 11.2 Å². The number of hydrogen-bond donors (Lipinski definition) is 0. The van der Waals surface area contributed by atoms with Crippen molar-refractivity contribution in [3.63, 3.8) is 0 Å². The van der Waals surface area contributed by atoms with Crippen molar-refractivity contribution in [2.24, 2.45) is 0 Å². The highest BCUT2D eigenvalue weighted by Gasteiger charge is 2.28. The summed E-state index contributed by atoms with van der Waals surface area (Å²) in [6, 6.07) is 6.14. The van der Waals surface area contributed by atoms with Gasteiger partial charge in [0.15, 0.2) is 0 Å². The number of carbonyl (C=O) groups excluding carboxylic acids is 1. The molecule has 0 saturated carbocycles. The van der Waals surface area contributed by atoms with Crippen LogP contribution < -0.4 is 4.90 Å². The molecular weight excluding hydrogens is 369 g/mol. The molecule has 15 heavy (non-hydrogen) atoms. The molecule has 2 rings (SSSR count). The van der Waals surface area contributed by atoms with Gasteiger partial charge in [0.25, 0.3) is 0 Å². The molecule has 1 aromatic carbocycles. The molecule has 1 saturated heterocycles. The molecule has 1 heterocycles. The monoisotopic (exact) mass is 379 g/mol. The lowest BCUT2D eigenvalue weighted by atomic mass is 10.2. The van der Waals surface area contributed by atoms with Crippen molar-refractivity contribution in [1.82, 2.24) is 0 Å². The predicted octanol–water partition coefficient (Wildman–Crippen LogP) is 3.10. The highest BCUT2D eigenvalue weighted by Crippen LogP contribution is 2.27. The van der Waals surface area contributed by atoms with Crippen molar-refractivity contribution in [2.75, 3.05) is 11.4 Å². The molecule has 1 aliphatic rings. The van der Waals surface area contributed by atoms with Gasteiger partial charge >= 0.3 is 0 Å². The Labute approximate surface area is 111 Å². The van der Waals surface area contributed by atoms with E-state index in [9.17, 15) is 4.79 Å². The van der Waals surface area contributed by atoms with E-state index in [1.54, 1.807) is 0 Å². The van der Waals surface area contributed by atoms with Crippen LogP contribution >= 0.6 is 38.5 Å². The van der Waals surface area contributed by atoms with Gasteiger partial charge in [-0.2, -0.15) is 0 Å². The minimum Gasteiger partial charge on any atom is -0.311 e. The van der Waals surface area contributed by atoms with Crippen LogP contribution in [0, 0.1) is 10.5 Å². The summed E-state index contributed by atoms with van der Waals surface area (Å²) in [5.41, 5.74) is 2.23. The summed E-state index contributed by atoms with van der Waals surface area (Å²) in [6.07, 6.45) is 0.602. The highest BCUT2D eigenvalue weighted by atomic mass is 127. The van der Waals surface area contributed by atoms with Gasteiger partial charge in [-0.1, -0.05) is 15.9 Å². The topological polar surface area (TPSA) is 20.3 Å². The van der Waals surface area contributed by atoms with Crippen molar-refractivity contribution in [2.45, 2.75) is 18.2 Å². The van der Waals surface area contributed by atoms with E-state index in [1.807, 2.05) is 11.0 Å². The van der Waals surface area contributed by atoms with Crippen molar-refractivity contribution in [1.29, 1.82) is 0 Å². The molecule has 0 radical (unpaired) electrons. The van der Waals surface area contributed by atoms with E-state index in [0.717, 1.165) is 12.2 Å². The molecule has 0 aromatic heterocycles. The second kappa shape index (κ2) is 4.41. The molecule has 4 heteroatoms. The number of aryl methyl sites for hydroxylation is 1. The van der Waals surface area contributed by atoms with E-state index in [-0.39, 0.29) is 5.91 Å². The van der Waals surface area contributed by atoms with Gasteiger partial charge < -0.3 is 4.90 Å². The summed E-state index contributed by atoms with van der Waals surface area (Å²) < 4.78 is 1.23. The number of halogens is 2. The van der Waals surface area contributed by atoms with E-state index in [1.165, 1.54) is 9.13 Å². The second-order valence-corrected chi connectivity index (χ2v) is 6.20. The zero-order valence-electron chi connectivity index (χ0n) is 8.34. The van der Waals surface area contributed by atoms with Gasteiger partial charge in [-0.15, -0.1) is 0 Å². The Morgan fingerprint density at radius 3 is 2.80 bits per heavy atom. The van der Waals surface area contributed by atoms with E-state index in [2.05, 4.69) is 57.6 Å². The number of hydrogen-bond acceptors (Lipinski definition) is 1. The van der Waals surface area contributed by atoms with Crippen molar-refractivity contribution in [3.05, 3.63) is 27.3 Å². The van der Waals surface area contributed by atoms with Gasteiger partial charge in [0.05, 0.1) is 0 Å². The van der Waals surface area contributed by atoms with Crippen LogP contribution in [0.2, 0.25) is 0 Å². The summed E-state index contributed by atoms with van der Waals surface area (Å²) in [7, 11) is 0. The summed E-state index contributed by atoms with van der Waals surface area (Å²) in [5, 5.41) is 0. The minimum absolute atomic E-state index is 0.206. The Bertz CT molecular complexity index is 408. The minimum atomic E-state index is 0.206. The maximum atomic E-state index is 11.7.